The Kier molecular flexibility index (Phi) is 5.71. The molecule has 3 rings (SSSR count). The number of ketones is 2. The van der Waals surface area contributed by atoms with Crippen molar-refractivity contribution in [3.8, 4) is 0 Å². The lowest BCUT2D eigenvalue weighted by molar-refractivity contribution is -0.141. The van der Waals surface area contributed by atoms with E-state index in [1.54, 1.807) is 12.1 Å². The summed E-state index contributed by atoms with van der Waals surface area (Å²) in [6, 6.07) is 8.98. The zero-order valence-corrected chi connectivity index (χ0v) is 16.5. The highest BCUT2D eigenvalue weighted by Crippen LogP contribution is 2.61. The van der Waals surface area contributed by atoms with Gasteiger partial charge in [0.1, 0.15) is 0 Å². The fourth-order valence-electron chi connectivity index (χ4n) is 3.70. The van der Waals surface area contributed by atoms with Crippen molar-refractivity contribution in [3.63, 3.8) is 0 Å². The number of carbonyl (C=O) groups excluding carboxylic acids is 3. The summed E-state index contributed by atoms with van der Waals surface area (Å²) in [6.45, 7) is 7.88. The Hall–Kier alpha value is -2.01. The van der Waals surface area contributed by atoms with Gasteiger partial charge in [-0.3, -0.25) is 14.5 Å². The number of benzene rings is 1. The molecule has 1 aromatic rings. The fourth-order valence-corrected chi connectivity index (χ4v) is 3.70. The Bertz CT molecular complexity index is 695. The highest BCUT2D eigenvalue weighted by molar-refractivity contribution is 6.43. The second kappa shape index (κ2) is 7.31. The first-order valence-corrected chi connectivity index (χ1v) is 9.03. The van der Waals surface area contributed by atoms with E-state index in [2.05, 4.69) is 0 Å². The van der Waals surface area contributed by atoms with Crippen LogP contribution in [0.3, 0.4) is 0 Å². The van der Waals surface area contributed by atoms with Gasteiger partial charge >= 0.3 is 5.97 Å². The third-order valence-electron chi connectivity index (χ3n) is 6.28. The Balaban J connectivity index is 0.000000189. The monoisotopic (exact) mass is 359 g/mol. The maximum absolute atomic E-state index is 11.6. The molecule has 0 aliphatic heterocycles. The molecule has 26 heavy (non-hydrogen) atoms. The molecule has 5 heteroatoms. The normalized spacial score (nSPS) is 27.1. The number of fused-ring (bicyclic) bond motifs is 2. The molecule has 2 aliphatic rings. The van der Waals surface area contributed by atoms with E-state index in [9.17, 15) is 14.4 Å². The van der Waals surface area contributed by atoms with Gasteiger partial charge in [0, 0.05) is 11.3 Å². The molecular formula is C21H29NO4. The molecular weight excluding hydrogens is 330 g/mol. The van der Waals surface area contributed by atoms with E-state index in [0.717, 1.165) is 12.8 Å². The molecule has 2 saturated carbocycles. The van der Waals surface area contributed by atoms with Gasteiger partial charge in [0.15, 0.2) is 6.23 Å². The number of hydrogen-bond donors (Lipinski definition) is 0. The van der Waals surface area contributed by atoms with Crippen molar-refractivity contribution in [1.82, 2.24) is 4.90 Å². The summed E-state index contributed by atoms with van der Waals surface area (Å²) in [5.41, 5.74) is 0.136. The molecule has 0 N–H and O–H groups in total. The van der Waals surface area contributed by atoms with E-state index in [1.165, 1.54) is 0 Å². The Morgan fingerprint density at radius 3 is 2.12 bits per heavy atom. The molecule has 2 fully saturated rings. The second-order valence-electron chi connectivity index (χ2n) is 8.17. The molecule has 3 atom stereocenters. The van der Waals surface area contributed by atoms with Gasteiger partial charge in [-0.25, -0.2) is 4.79 Å². The van der Waals surface area contributed by atoms with Crippen molar-refractivity contribution in [3.05, 3.63) is 35.9 Å². The molecule has 0 amide bonds. The predicted octanol–water partition coefficient (Wildman–Crippen LogP) is 3.33. The summed E-state index contributed by atoms with van der Waals surface area (Å²) in [7, 11) is 3.73. The zero-order valence-electron chi connectivity index (χ0n) is 16.5. The standard InChI is InChI=1S/C11H15NO2.C10H14O2/c1-9(12(2)3)14-11(13)10-7-5-4-6-8-10;1-9(2)6-4-5-10(9,3)8(12)7(6)11/h4-9H,1-3H3;6H,4-5H2,1-3H3. The van der Waals surface area contributed by atoms with Crippen LogP contribution in [0.2, 0.25) is 0 Å². The van der Waals surface area contributed by atoms with E-state index in [-0.39, 0.29) is 40.5 Å². The molecule has 0 heterocycles. The van der Waals surface area contributed by atoms with E-state index in [4.69, 9.17) is 4.74 Å². The molecule has 2 aliphatic carbocycles. The van der Waals surface area contributed by atoms with Crippen molar-refractivity contribution < 1.29 is 19.1 Å². The van der Waals surface area contributed by atoms with Crippen LogP contribution < -0.4 is 0 Å². The average molecular weight is 359 g/mol. The van der Waals surface area contributed by atoms with Gasteiger partial charge in [0.2, 0.25) is 11.6 Å². The topological polar surface area (TPSA) is 63.7 Å². The van der Waals surface area contributed by atoms with Crippen LogP contribution in [0.4, 0.5) is 0 Å². The summed E-state index contributed by atoms with van der Waals surface area (Å²) in [5.74, 6) is -0.515. The van der Waals surface area contributed by atoms with Gasteiger partial charge in [-0.15, -0.1) is 0 Å². The average Bonchev–Trinajstić information content (AvgIpc) is 2.90. The summed E-state index contributed by atoms with van der Waals surface area (Å²) < 4.78 is 5.18. The van der Waals surface area contributed by atoms with Crippen LogP contribution in [0.15, 0.2) is 30.3 Å². The van der Waals surface area contributed by atoms with Crippen LogP contribution in [0.1, 0.15) is 50.9 Å². The molecule has 2 bridgehead atoms. The fraction of sp³-hybridized carbons (Fsp3) is 0.571. The molecule has 0 aromatic heterocycles. The predicted molar refractivity (Wildman–Crippen MR) is 99.6 cm³/mol. The number of rotatable bonds is 3. The minimum Gasteiger partial charge on any atom is -0.443 e. The first-order chi connectivity index (χ1) is 12.0. The first-order valence-electron chi connectivity index (χ1n) is 9.03. The number of hydrogen-bond acceptors (Lipinski definition) is 5. The molecule has 142 valence electrons. The summed E-state index contributed by atoms with van der Waals surface area (Å²) in [6.07, 6.45) is 1.60. The van der Waals surface area contributed by atoms with Crippen LogP contribution in [-0.4, -0.2) is 42.8 Å². The van der Waals surface area contributed by atoms with Crippen molar-refractivity contribution >= 4 is 17.5 Å². The van der Waals surface area contributed by atoms with Crippen molar-refractivity contribution in [2.45, 2.75) is 46.8 Å². The molecule has 0 saturated heterocycles. The van der Waals surface area contributed by atoms with Crippen molar-refractivity contribution in [2.24, 2.45) is 16.7 Å². The van der Waals surface area contributed by atoms with E-state index in [0.29, 0.717) is 5.56 Å². The van der Waals surface area contributed by atoms with Crippen LogP contribution in [0.25, 0.3) is 0 Å². The lowest BCUT2D eigenvalue weighted by Crippen LogP contribution is -2.33. The van der Waals surface area contributed by atoms with Gasteiger partial charge in [-0.2, -0.15) is 0 Å². The van der Waals surface area contributed by atoms with E-state index >= 15 is 0 Å². The minimum absolute atomic E-state index is 0.00926. The Morgan fingerprint density at radius 2 is 1.73 bits per heavy atom. The maximum Gasteiger partial charge on any atom is 0.339 e. The van der Waals surface area contributed by atoms with Crippen LogP contribution >= 0.6 is 0 Å². The lowest BCUT2D eigenvalue weighted by Gasteiger charge is -2.31. The highest BCUT2D eigenvalue weighted by Gasteiger charge is 2.66. The third kappa shape index (κ3) is 3.45. The summed E-state index contributed by atoms with van der Waals surface area (Å²) in [4.78, 5) is 36.3. The Morgan fingerprint density at radius 1 is 1.15 bits per heavy atom. The molecule has 0 spiro atoms. The Labute approximate surface area is 155 Å². The maximum atomic E-state index is 11.6. The number of esters is 1. The summed E-state index contributed by atoms with van der Waals surface area (Å²) >= 11 is 0. The van der Waals surface area contributed by atoms with Crippen LogP contribution in [0, 0.1) is 16.7 Å². The van der Waals surface area contributed by atoms with Gasteiger partial charge in [0.25, 0.3) is 0 Å². The molecule has 0 radical (unpaired) electrons. The van der Waals surface area contributed by atoms with E-state index in [1.807, 2.05) is 64.9 Å². The highest BCUT2D eigenvalue weighted by atomic mass is 16.6. The number of carbonyl (C=O) groups is 3. The lowest BCUT2D eigenvalue weighted by atomic mass is 9.70. The quantitative estimate of drug-likeness (QED) is 0.470. The molecule has 5 nitrogen and oxygen atoms in total. The second-order valence-corrected chi connectivity index (χ2v) is 8.17. The largest absolute Gasteiger partial charge is 0.443 e. The first kappa shape index (κ1) is 20.3. The van der Waals surface area contributed by atoms with Crippen molar-refractivity contribution in [2.75, 3.05) is 14.1 Å². The number of ether oxygens (including phenoxy) is 1. The van der Waals surface area contributed by atoms with Gasteiger partial charge in [-0.05, 0) is 51.4 Å². The van der Waals surface area contributed by atoms with Gasteiger partial charge in [-0.1, -0.05) is 39.0 Å². The summed E-state index contributed by atoms with van der Waals surface area (Å²) in [5, 5.41) is 0. The minimum atomic E-state index is -0.352. The zero-order chi connectivity index (χ0) is 19.7. The van der Waals surface area contributed by atoms with Crippen molar-refractivity contribution in [1.29, 1.82) is 0 Å². The smallest absolute Gasteiger partial charge is 0.339 e. The van der Waals surface area contributed by atoms with E-state index < -0.39 is 0 Å². The third-order valence-corrected chi connectivity index (χ3v) is 6.28. The van der Waals surface area contributed by atoms with Crippen LogP contribution in [0.5, 0.6) is 0 Å². The van der Waals surface area contributed by atoms with Gasteiger partial charge < -0.3 is 4.74 Å². The van der Waals surface area contributed by atoms with Crippen LogP contribution in [-0.2, 0) is 14.3 Å². The number of Topliss-reactive ketones (excluding diaryl/α,β-unsaturated/α-hetero) is 2. The molecule has 3 unspecified atom stereocenters. The molecule has 1 aromatic carbocycles. The van der Waals surface area contributed by atoms with Gasteiger partial charge in [0.05, 0.1) is 5.56 Å². The SMILES string of the molecule is CC(OC(=O)c1ccccc1)N(C)C.CC12CCC(C(=O)C1=O)C2(C)C. The number of nitrogens with zero attached hydrogens (tertiary/aromatic N) is 1.